The Morgan fingerprint density at radius 1 is 0.870 bits per heavy atom. The molecule has 0 N–H and O–H groups in total. The Labute approximate surface area is 138 Å². The van der Waals surface area contributed by atoms with E-state index in [1.807, 2.05) is 12.1 Å². The van der Waals surface area contributed by atoms with Crippen LogP contribution in [0.4, 0.5) is 0 Å². The molecule has 3 aromatic rings. The van der Waals surface area contributed by atoms with Gasteiger partial charge < -0.3 is 9.47 Å². The van der Waals surface area contributed by atoms with Gasteiger partial charge in [0.05, 0.1) is 5.69 Å². The number of aryl methyl sites for hydroxylation is 1. The van der Waals surface area contributed by atoms with Crippen molar-refractivity contribution in [2.45, 2.75) is 13.0 Å². The van der Waals surface area contributed by atoms with Crippen LogP contribution in [0.25, 0.3) is 22.6 Å². The fourth-order valence-corrected chi connectivity index (χ4v) is 2.71. The third kappa shape index (κ3) is 3.88. The SMILES string of the molecule is CN(C)CCCn1cc(-c2ccccc2)nc1-c1ccccc1. The molecule has 23 heavy (non-hydrogen) atoms. The highest BCUT2D eigenvalue weighted by Gasteiger charge is 2.11. The lowest BCUT2D eigenvalue weighted by molar-refractivity contribution is 0.387. The van der Waals surface area contributed by atoms with Crippen LogP contribution in [0.1, 0.15) is 6.42 Å². The van der Waals surface area contributed by atoms with Gasteiger partial charge in [-0.15, -0.1) is 0 Å². The van der Waals surface area contributed by atoms with Gasteiger partial charge in [-0.25, -0.2) is 4.98 Å². The highest BCUT2D eigenvalue weighted by atomic mass is 15.1. The smallest absolute Gasteiger partial charge is 0.140 e. The van der Waals surface area contributed by atoms with E-state index in [0.29, 0.717) is 0 Å². The molecule has 2 aromatic carbocycles. The van der Waals surface area contributed by atoms with E-state index in [-0.39, 0.29) is 0 Å². The van der Waals surface area contributed by atoms with E-state index in [9.17, 15) is 0 Å². The summed E-state index contributed by atoms with van der Waals surface area (Å²) in [4.78, 5) is 7.12. The number of hydrogen-bond donors (Lipinski definition) is 0. The van der Waals surface area contributed by atoms with Crippen LogP contribution in [0.2, 0.25) is 0 Å². The summed E-state index contributed by atoms with van der Waals surface area (Å²) in [5, 5.41) is 0. The zero-order valence-electron chi connectivity index (χ0n) is 13.8. The molecule has 0 saturated carbocycles. The van der Waals surface area contributed by atoms with Crippen molar-refractivity contribution in [3.05, 3.63) is 66.9 Å². The van der Waals surface area contributed by atoms with Crippen LogP contribution in [-0.2, 0) is 6.54 Å². The van der Waals surface area contributed by atoms with Crippen molar-refractivity contribution in [1.29, 1.82) is 0 Å². The van der Waals surface area contributed by atoms with Crippen molar-refractivity contribution in [3.8, 4) is 22.6 Å². The second kappa shape index (κ2) is 7.25. The Kier molecular flexibility index (Phi) is 4.89. The summed E-state index contributed by atoms with van der Waals surface area (Å²) >= 11 is 0. The number of aromatic nitrogens is 2. The maximum absolute atomic E-state index is 4.90. The van der Waals surface area contributed by atoms with Gasteiger partial charge in [0.15, 0.2) is 0 Å². The van der Waals surface area contributed by atoms with E-state index in [1.54, 1.807) is 0 Å². The normalized spacial score (nSPS) is 11.1. The van der Waals surface area contributed by atoms with Crippen molar-refractivity contribution < 1.29 is 0 Å². The lowest BCUT2D eigenvalue weighted by Gasteiger charge is -2.11. The highest BCUT2D eigenvalue weighted by Crippen LogP contribution is 2.25. The van der Waals surface area contributed by atoms with Crippen molar-refractivity contribution in [2.24, 2.45) is 0 Å². The van der Waals surface area contributed by atoms with Crippen molar-refractivity contribution in [3.63, 3.8) is 0 Å². The standard InChI is InChI=1S/C20H23N3/c1-22(2)14-9-15-23-16-19(17-10-5-3-6-11-17)21-20(23)18-12-7-4-8-13-18/h3-8,10-13,16H,9,14-15H2,1-2H3. The van der Waals surface area contributed by atoms with Gasteiger partial charge in [0.1, 0.15) is 5.82 Å². The molecule has 3 nitrogen and oxygen atoms in total. The lowest BCUT2D eigenvalue weighted by atomic mass is 10.2. The minimum Gasteiger partial charge on any atom is -0.330 e. The molecular weight excluding hydrogens is 282 g/mol. The van der Waals surface area contributed by atoms with Gasteiger partial charge >= 0.3 is 0 Å². The van der Waals surface area contributed by atoms with Crippen molar-refractivity contribution in [1.82, 2.24) is 14.5 Å². The Hall–Kier alpha value is -2.39. The predicted molar refractivity (Wildman–Crippen MR) is 96.3 cm³/mol. The monoisotopic (exact) mass is 305 g/mol. The molecule has 0 unspecified atom stereocenters. The molecule has 0 fully saturated rings. The van der Waals surface area contributed by atoms with Gasteiger partial charge in [0, 0.05) is 23.9 Å². The first-order chi connectivity index (χ1) is 11.2. The molecule has 3 rings (SSSR count). The average Bonchev–Trinajstić information content (AvgIpc) is 3.00. The maximum Gasteiger partial charge on any atom is 0.140 e. The second-order valence-electron chi connectivity index (χ2n) is 6.03. The van der Waals surface area contributed by atoms with Crippen molar-refractivity contribution >= 4 is 0 Å². The van der Waals surface area contributed by atoms with Gasteiger partial charge in [-0.1, -0.05) is 60.7 Å². The van der Waals surface area contributed by atoms with E-state index in [2.05, 4.69) is 78.3 Å². The first-order valence-corrected chi connectivity index (χ1v) is 8.07. The molecule has 0 aliphatic rings. The summed E-state index contributed by atoms with van der Waals surface area (Å²) in [7, 11) is 4.23. The number of nitrogens with zero attached hydrogens (tertiary/aromatic N) is 3. The van der Waals surface area contributed by atoms with Gasteiger partial charge in [0.2, 0.25) is 0 Å². The van der Waals surface area contributed by atoms with Crippen LogP contribution in [0.3, 0.4) is 0 Å². The third-order valence-electron chi connectivity index (χ3n) is 3.88. The molecule has 0 aliphatic heterocycles. The van der Waals surface area contributed by atoms with Crippen LogP contribution < -0.4 is 0 Å². The summed E-state index contributed by atoms with van der Waals surface area (Å²) in [6.45, 7) is 2.05. The molecule has 1 aromatic heterocycles. The number of benzene rings is 2. The fourth-order valence-electron chi connectivity index (χ4n) is 2.71. The third-order valence-corrected chi connectivity index (χ3v) is 3.88. The molecule has 0 saturated heterocycles. The first kappa shape index (κ1) is 15.5. The molecular formula is C20H23N3. The Morgan fingerprint density at radius 3 is 2.09 bits per heavy atom. The van der Waals surface area contributed by atoms with Gasteiger partial charge in [-0.3, -0.25) is 0 Å². The van der Waals surface area contributed by atoms with E-state index >= 15 is 0 Å². The number of hydrogen-bond acceptors (Lipinski definition) is 2. The molecule has 3 heteroatoms. The summed E-state index contributed by atoms with van der Waals surface area (Å²) in [6.07, 6.45) is 3.28. The largest absolute Gasteiger partial charge is 0.330 e. The highest BCUT2D eigenvalue weighted by molar-refractivity contribution is 5.64. The van der Waals surface area contributed by atoms with Gasteiger partial charge in [-0.05, 0) is 27.1 Å². The molecule has 1 heterocycles. The molecule has 0 aliphatic carbocycles. The zero-order valence-corrected chi connectivity index (χ0v) is 13.8. The molecule has 0 atom stereocenters. The van der Waals surface area contributed by atoms with E-state index in [4.69, 9.17) is 4.98 Å². The Balaban J connectivity index is 1.93. The molecule has 0 radical (unpaired) electrons. The summed E-state index contributed by atoms with van der Waals surface area (Å²) in [5.41, 5.74) is 3.37. The summed E-state index contributed by atoms with van der Waals surface area (Å²) in [6, 6.07) is 20.8. The molecule has 0 spiro atoms. The Bertz CT molecular complexity index is 730. The van der Waals surface area contributed by atoms with Crippen LogP contribution in [-0.4, -0.2) is 35.1 Å². The molecule has 0 amide bonds. The van der Waals surface area contributed by atoms with E-state index in [0.717, 1.165) is 36.6 Å². The summed E-state index contributed by atoms with van der Waals surface area (Å²) < 4.78 is 2.28. The van der Waals surface area contributed by atoms with Gasteiger partial charge in [0.25, 0.3) is 0 Å². The van der Waals surface area contributed by atoms with Crippen LogP contribution in [0, 0.1) is 0 Å². The number of imidazole rings is 1. The van der Waals surface area contributed by atoms with E-state index in [1.165, 1.54) is 5.56 Å². The quantitative estimate of drug-likeness (QED) is 0.681. The minimum absolute atomic E-state index is 0.974. The van der Waals surface area contributed by atoms with Crippen LogP contribution in [0.15, 0.2) is 66.9 Å². The number of rotatable bonds is 6. The van der Waals surface area contributed by atoms with Crippen LogP contribution >= 0.6 is 0 Å². The average molecular weight is 305 g/mol. The second-order valence-corrected chi connectivity index (χ2v) is 6.03. The first-order valence-electron chi connectivity index (χ1n) is 8.07. The Morgan fingerprint density at radius 2 is 1.48 bits per heavy atom. The molecule has 118 valence electrons. The lowest BCUT2D eigenvalue weighted by Crippen LogP contribution is -2.15. The summed E-state index contributed by atoms with van der Waals surface area (Å²) in [5.74, 6) is 1.04. The van der Waals surface area contributed by atoms with E-state index < -0.39 is 0 Å². The van der Waals surface area contributed by atoms with Crippen LogP contribution in [0.5, 0.6) is 0 Å². The van der Waals surface area contributed by atoms with Gasteiger partial charge in [-0.2, -0.15) is 0 Å². The minimum atomic E-state index is 0.974. The maximum atomic E-state index is 4.90. The molecule has 0 bridgehead atoms. The van der Waals surface area contributed by atoms with Crippen molar-refractivity contribution in [2.75, 3.05) is 20.6 Å². The topological polar surface area (TPSA) is 21.1 Å². The zero-order chi connectivity index (χ0) is 16.1. The fraction of sp³-hybridized carbons (Fsp3) is 0.250. The predicted octanol–water partition coefficient (Wildman–Crippen LogP) is 4.17.